The molecule has 1 unspecified atom stereocenters. The molecule has 0 aliphatic heterocycles. The van der Waals surface area contributed by atoms with Gasteiger partial charge in [0.25, 0.3) is 5.78 Å². The second kappa shape index (κ2) is 5.57. The van der Waals surface area contributed by atoms with Crippen molar-refractivity contribution in [2.45, 2.75) is 13.0 Å². The van der Waals surface area contributed by atoms with E-state index < -0.39 is 0 Å². The van der Waals surface area contributed by atoms with E-state index >= 15 is 0 Å². The molecule has 0 radical (unpaired) electrons. The van der Waals surface area contributed by atoms with Gasteiger partial charge in [0.15, 0.2) is 0 Å². The average Bonchev–Trinajstić information content (AvgIpc) is 2.95. The Morgan fingerprint density at radius 1 is 1.29 bits per heavy atom. The van der Waals surface area contributed by atoms with Crippen molar-refractivity contribution in [3.63, 3.8) is 0 Å². The van der Waals surface area contributed by atoms with Crippen molar-refractivity contribution in [3.8, 4) is 5.75 Å². The number of rotatable bonds is 4. The summed E-state index contributed by atoms with van der Waals surface area (Å²) in [6.45, 7) is 2.05. The molecule has 6 nitrogen and oxygen atoms in total. The highest BCUT2D eigenvalue weighted by Crippen LogP contribution is 2.23. The summed E-state index contributed by atoms with van der Waals surface area (Å²) in [4.78, 5) is 8.14. The van der Waals surface area contributed by atoms with Gasteiger partial charge in [-0.2, -0.15) is 19.6 Å². The van der Waals surface area contributed by atoms with Gasteiger partial charge >= 0.3 is 0 Å². The largest absolute Gasteiger partial charge is 0.497 e. The molecule has 0 aliphatic carbocycles. The zero-order valence-corrected chi connectivity index (χ0v) is 12.4. The van der Waals surface area contributed by atoms with Crippen LogP contribution in [-0.2, 0) is 0 Å². The summed E-state index contributed by atoms with van der Waals surface area (Å²) in [6.07, 6.45) is 1.45. The molecule has 0 fully saturated rings. The Morgan fingerprint density at radius 3 is 2.76 bits per heavy atom. The predicted octanol–water partition coefficient (Wildman–Crippen LogP) is 2.96. The van der Waals surface area contributed by atoms with Crippen LogP contribution in [0.4, 0.5) is 5.82 Å². The third-order valence-corrected chi connectivity index (χ3v) is 3.39. The molecule has 0 amide bonds. The number of halogens is 1. The van der Waals surface area contributed by atoms with Gasteiger partial charge in [0.05, 0.1) is 7.11 Å². The molecule has 3 aromatic rings. The standard InChI is InChI=1S/C14H14ClN5O/c1-9(10-3-5-11(21-2)6-4-10)18-13-7-12(15)19-14-16-8-17-20(13)14/h3-9,18H,1-2H3. The van der Waals surface area contributed by atoms with Gasteiger partial charge in [0.1, 0.15) is 23.0 Å². The maximum atomic E-state index is 6.00. The molecule has 0 spiro atoms. The summed E-state index contributed by atoms with van der Waals surface area (Å²) < 4.78 is 6.78. The van der Waals surface area contributed by atoms with Crippen LogP contribution < -0.4 is 10.1 Å². The fourth-order valence-corrected chi connectivity index (χ4v) is 2.26. The normalized spacial score (nSPS) is 12.3. The van der Waals surface area contributed by atoms with Crippen LogP contribution in [0.25, 0.3) is 5.78 Å². The summed E-state index contributed by atoms with van der Waals surface area (Å²) in [7, 11) is 1.65. The minimum Gasteiger partial charge on any atom is -0.497 e. The van der Waals surface area contributed by atoms with Crippen molar-refractivity contribution in [2.75, 3.05) is 12.4 Å². The SMILES string of the molecule is COc1ccc(C(C)Nc2cc(Cl)nc3ncnn23)cc1. The monoisotopic (exact) mass is 303 g/mol. The van der Waals surface area contributed by atoms with Gasteiger partial charge in [-0.05, 0) is 24.6 Å². The maximum absolute atomic E-state index is 6.00. The molecule has 0 bridgehead atoms. The van der Waals surface area contributed by atoms with E-state index in [1.165, 1.54) is 6.33 Å². The van der Waals surface area contributed by atoms with Crippen LogP contribution in [0.15, 0.2) is 36.7 Å². The molecule has 2 aromatic heterocycles. The van der Waals surface area contributed by atoms with E-state index in [1.807, 2.05) is 24.3 Å². The highest BCUT2D eigenvalue weighted by atomic mass is 35.5. The molecule has 2 heterocycles. The van der Waals surface area contributed by atoms with Crippen LogP contribution >= 0.6 is 11.6 Å². The number of hydrogen-bond donors (Lipinski definition) is 1. The number of methoxy groups -OCH3 is 1. The van der Waals surface area contributed by atoms with E-state index in [0.717, 1.165) is 17.1 Å². The zero-order valence-electron chi connectivity index (χ0n) is 11.6. The molecule has 1 aromatic carbocycles. The Labute approximate surface area is 126 Å². The number of hydrogen-bond acceptors (Lipinski definition) is 5. The molecule has 3 rings (SSSR count). The fourth-order valence-electron chi connectivity index (χ4n) is 2.08. The summed E-state index contributed by atoms with van der Waals surface area (Å²) in [6, 6.07) is 9.68. The topological polar surface area (TPSA) is 64.3 Å². The molecule has 1 N–H and O–H groups in total. The molecule has 0 saturated heterocycles. The highest BCUT2D eigenvalue weighted by Gasteiger charge is 2.11. The van der Waals surface area contributed by atoms with Gasteiger partial charge in [0, 0.05) is 12.1 Å². The second-order valence-electron chi connectivity index (χ2n) is 4.58. The van der Waals surface area contributed by atoms with E-state index in [2.05, 4.69) is 27.3 Å². The Balaban J connectivity index is 1.88. The zero-order chi connectivity index (χ0) is 14.8. The third kappa shape index (κ3) is 2.75. The van der Waals surface area contributed by atoms with Crippen molar-refractivity contribution >= 4 is 23.2 Å². The van der Waals surface area contributed by atoms with Crippen LogP contribution in [0, 0.1) is 0 Å². The Hall–Kier alpha value is -2.34. The average molecular weight is 304 g/mol. The minimum atomic E-state index is 0.0711. The lowest BCUT2D eigenvalue weighted by Gasteiger charge is -2.16. The highest BCUT2D eigenvalue weighted by molar-refractivity contribution is 6.29. The van der Waals surface area contributed by atoms with Gasteiger partial charge in [-0.25, -0.2) is 0 Å². The first kappa shape index (κ1) is 13.6. The molecule has 108 valence electrons. The number of benzene rings is 1. The number of anilines is 1. The molecule has 1 atom stereocenters. The summed E-state index contributed by atoms with van der Waals surface area (Å²) in [5.41, 5.74) is 1.12. The predicted molar refractivity (Wildman–Crippen MR) is 80.8 cm³/mol. The number of nitrogens with one attached hydrogen (secondary N) is 1. The van der Waals surface area contributed by atoms with Gasteiger partial charge in [0.2, 0.25) is 0 Å². The van der Waals surface area contributed by atoms with Crippen molar-refractivity contribution in [1.82, 2.24) is 19.6 Å². The lowest BCUT2D eigenvalue weighted by molar-refractivity contribution is 0.414. The first-order chi connectivity index (χ1) is 10.2. The Kier molecular flexibility index (Phi) is 3.62. The number of aromatic nitrogens is 4. The molecule has 21 heavy (non-hydrogen) atoms. The van der Waals surface area contributed by atoms with Crippen LogP contribution in [0.5, 0.6) is 5.75 Å². The summed E-state index contributed by atoms with van der Waals surface area (Å²) >= 11 is 6.00. The number of nitrogens with zero attached hydrogens (tertiary/aromatic N) is 4. The first-order valence-electron chi connectivity index (χ1n) is 6.44. The van der Waals surface area contributed by atoms with Crippen LogP contribution in [0.2, 0.25) is 5.15 Å². The van der Waals surface area contributed by atoms with Gasteiger partial charge < -0.3 is 10.1 Å². The molecule has 0 aliphatic rings. The molecule has 7 heteroatoms. The number of fused-ring (bicyclic) bond motifs is 1. The second-order valence-corrected chi connectivity index (χ2v) is 4.96. The number of ether oxygens (including phenoxy) is 1. The molecular formula is C14H14ClN5O. The fraction of sp³-hybridized carbons (Fsp3) is 0.214. The van der Waals surface area contributed by atoms with Crippen molar-refractivity contribution in [2.24, 2.45) is 0 Å². The van der Waals surface area contributed by atoms with E-state index in [-0.39, 0.29) is 6.04 Å². The maximum Gasteiger partial charge on any atom is 0.255 e. The first-order valence-corrected chi connectivity index (χ1v) is 6.82. The Morgan fingerprint density at radius 2 is 2.05 bits per heavy atom. The molecular weight excluding hydrogens is 290 g/mol. The van der Waals surface area contributed by atoms with Gasteiger partial charge in [-0.1, -0.05) is 23.7 Å². The van der Waals surface area contributed by atoms with Crippen molar-refractivity contribution in [1.29, 1.82) is 0 Å². The van der Waals surface area contributed by atoms with E-state index in [4.69, 9.17) is 16.3 Å². The van der Waals surface area contributed by atoms with Crippen molar-refractivity contribution < 1.29 is 4.74 Å². The minimum absolute atomic E-state index is 0.0711. The molecule has 0 saturated carbocycles. The van der Waals surface area contributed by atoms with Crippen LogP contribution in [0.3, 0.4) is 0 Å². The quantitative estimate of drug-likeness (QED) is 0.751. The van der Waals surface area contributed by atoms with Gasteiger partial charge in [-0.3, -0.25) is 0 Å². The summed E-state index contributed by atoms with van der Waals surface area (Å²) in [5, 5.41) is 7.87. The van der Waals surface area contributed by atoms with Crippen LogP contribution in [0.1, 0.15) is 18.5 Å². The van der Waals surface area contributed by atoms with Crippen LogP contribution in [-0.4, -0.2) is 26.7 Å². The van der Waals surface area contributed by atoms with Crippen molar-refractivity contribution in [3.05, 3.63) is 47.4 Å². The lowest BCUT2D eigenvalue weighted by Crippen LogP contribution is -2.11. The smallest absolute Gasteiger partial charge is 0.255 e. The van der Waals surface area contributed by atoms with Gasteiger partial charge in [-0.15, -0.1) is 0 Å². The summed E-state index contributed by atoms with van der Waals surface area (Å²) in [5.74, 6) is 2.04. The third-order valence-electron chi connectivity index (χ3n) is 3.20. The van der Waals surface area contributed by atoms with E-state index in [1.54, 1.807) is 17.7 Å². The van der Waals surface area contributed by atoms with E-state index in [0.29, 0.717) is 10.9 Å². The lowest BCUT2D eigenvalue weighted by atomic mass is 10.1. The van der Waals surface area contributed by atoms with E-state index in [9.17, 15) is 0 Å². The Bertz CT molecular complexity index is 756.